The maximum absolute atomic E-state index is 12.7. The molecule has 2 aromatic carbocycles. The molecule has 1 saturated heterocycles. The van der Waals surface area contributed by atoms with Crippen LogP contribution in [0.3, 0.4) is 0 Å². The highest BCUT2D eigenvalue weighted by Gasteiger charge is 2.20. The lowest BCUT2D eigenvalue weighted by molar-refractivity contribution is -0.128. The predicted molar refractivity (Wildman–Crippen MR) is 111 cm³/mol. The van der Waals surface area contributed by atoms with Gasteiger partial charge in [0.05, 0.1) is 19.8 Å². The van der Waals surface area contributed by atoms with E-state index >= 15 is 0 Å². The lowest BCUT2D eigenvalue weighted by Crippen LogP contribution is -2.23. The van der Waals surface area contributed by atoms with Crippen molar-refractivity contribution in [2.45, 2.75) is 19.4 Å². The Bertz CT molecular complexity index is 869. The second kappa shape index (κ2) is 8.60. The zero-order valence-electron chi connectivity index (χ0n) is 15.3. The lowest BCUT2D eigenvalue weighted by Gasteiger charge is -2.16. The van der Waals surface area contributed by atoms with Crippen molar-refractivity contribution < 1.29 is 19.1 Å². The molecular formula is C20H21IN2O4. The van der Waals surface area contributed by atoms with Gasteiger partial charge in [0.25, 0.3) is 5.91 Å². The van der Waals surface area contributed by atoms with Gasteiger partial charge in [-0.25, -0.2) is 0 Å². The molecule has 0 aromatic heterocycles. The zero-order valence-corrected chi connectivity index (χ0v) is 17.4. The Hall–Kier alpha value is -2.29. The molecule has 0 unspecified atom stereocenters. The minimum atomic E-state index is -0.227. The molecule has 3 rings (SSSR count). The Labute approximate surface area is 172 Å². The van der Waals surface area contributed by atoms with Crippen LogP contribution in [0.1, 0.15) is 28.8 Å². The molecule has 0 bridgehead atoms. The van der Waals surface area contributed by atoms with Crippen molar-refractivity contribution in [3.05, 3.63) is 51.1 Å². The number of carbonyl (C=O) groups is 2. The highest BCUT2D eigenvalue weighted by atomic mass is 127. The first-order chi connectivity index (χ1) is 13.0. The van der Waals surface area contributed by atoms with Gasteiger partial charge in [-0.2, -0.15) is 0 Å². The van der Waals surface area contributed by atoms with Gasteiger partial charge in [0.1, 0.15) is 0 Å². The molecule has 0 atom stereocenters. The number of amides is 2. The van der Waals surface area contributed by atoms with E-state index in [0.717, 1.165) is 22.1 Å². The van der Waals surface area contributed by atoms with E-state index in [2.05, 4.69) is 27.9 Å². The summed E-state index contributed by atoms with van der Waals surface area (Å²) < 4.78 is 11.3. The standard InChI is InChI=1S/C20H21IN2O4/c1-26-17-10-15(16(21)11-18(17)27-2)20(25)22-14-6-3-5-13(9-14)12-23-8-4-7-19(23)24/h3,5-6,9-11H,4,7-8,12H2,1-2H3,(H,22,25). The Morgan fingerprint density at radius 1 is 1.19 bits per heavy atom. The molecule has 7 heteroatoms. The number of hydrogen-bond donors (Lipinski definition) is 1. The fourth-order valence-corrected chi connectivity index (χ4v) is 3.75. The van der Waals surface area contributed by atoms with E-state index in [9.17, 15) is 9.59 Å². The van der Waals surface area contributed by atoms with Gasteiger partial charge in [0.2, 0.25) is 5.91 Å². The van der Waals surface area contributed by atoms with Crippen LogP contribution in [-0.4, -0.2) is 37.5 Å². The Morgan fingerprint density at radius 3 is 2.59 bits per heavy atom. The van der Waals surface area contributed by atoms with Crippen LogP contribution < -0.4 is 14.8 Å². The molecule has 0 radical (unpaired) electrons. The van der Waals surface area contributed by atoms with Crippen LogP contribution in [0.15, 0.2) is 36.4 Å². The van der Waals surface area contributed by atoms with Crippen LogP contribution in [0.5, 0.6) is 11.5 Å². The van der Waals surface area contributed by atoms with Crippen LogP contribution >= 0.6 is 22.6 Å². The van der Waals surface area contributed by atoms with Crippen molar-refractivity contribution in [2.24, 2.45) is 0 Å². The second-order valence-corrected chi connectivity index (χ2v) is 7.42. The van der Waals surface area contributed by atoms with E-state index in [-0.39, 0.29) is 11.8 Å². The number of halogens is 1. The first-order valence-corrected chi connectivity index (χ1v) is 9.69. The molecule has 0 saturated carbocycles. The number of anilines is 1. The largest absolute Gasteiger partial charge is 0.493 e. The second-order valence-electron chi connectivity index (χ2n) is 6.26. The van der Waals surface area contributed by atoms with Gasteiger partial charge in [0.15, 0.2) is 11.5 Å². The molecule has 2 aromatic rings. The average Bonchev–Trinajstić information content (AvgIpc) is 3.06. The molecule has 1 aliphatic heterocycles. The molecular weight excluding hydrogens is 459 g/mol. The predicted octanol–water partition coefficient (Wildman–Crippen LogP) is 3.68. The Kier molecular flexibility index (Phi) is 6.20. The number of nitrogens with one attached hydrogen (secondary N) is 1. The summed E-state index contributed by atoms with van der Waals surface area (Å²) in [5.74, 6) is 1.04. The van der Waals surface area contributed by atoms with Crippen LogP contribution in [0.2, 0.25) is 0 Å². The fourth-order valence-electron chi connectivity index (χ4n) is 3.07. The van der Waals surface area contributed by atoms with Gasteiger partial charge in [-0.15, -0.1) is 0 Å². The molecule has 1 heterocycles. The molecule has 142 valence electrons. The van der Waals surface area contributed by atoms with Gasteiger partial charge in [-0.3, -0.25) is 9.59 Å². The maximum atomic E-state index is 12.7. The van der Waals surface area contributed by atoms with E-state index in [0.29, 0.717) is 35.7 Å². The minimum absolute atomic E-state index is 0.185. The summed E-state index contributed by atoms with van der Waals surface area (Å²) >= 11 is 2.10. The third kappa shape index (κ3) is 4.52. The molecule has 1 aliphatic rings. The number of benzene rings is 2. The first kappa shape index (κ1) is 19.5. The van der Waals surface area contributed by atoms with Crippen LogP contribution in [0.25, 0.3) is 0 Å². The molecule has 1 N–H and O–H groups in total. The quantitative estimate of drug-likeness (QED) is 0.641. The van der Waals surface area contributed by atoms with Gasteiger partial charge in [0, 0.05) is 28.8 Å². The summed E-state index contributed by atoms with van der Waals surface area (Å²) in [4.78, 5) is 26.4. The number of methoxy groups -OCH3 is 2. The van der Waals surface area contributed by atoms with Crippen molar-refractivity contribution >= 4 is 40.1 Å². The molecule has 27 heavy (non-hydrogen) atoms. The van der Waals surface area contributed by atoms with E-state index in [1.165, 1.54) is 7.11 Å². The number of hydrogen-bond acceptors (Lipinski definition) is 4. The Morgan fingerprint density at radius 2 is 1.93 bits per heavy atom. The number of carbonyl (C=O) groups excluding carboxylic acids is 2. The fraction of sp³-hybridized carbons (Fsp3) is 0.300. The summed E-state index contributed by atoms with van der Waals surface area (Å²) in [6, 6.07) is 11.0. The Balaban J connectivity index is 1.76. The third-order valence-electron chi connectivity index (χ3n) is 4.45. The highest BCUT2D eigenvalue weighted by molar-refractivity contribution is 14.1. The van der Waals surface area contributed by atoms with Crippen LogP contribution in [0, 0.1) is 3.57 Å². The monoisotopic (exact) mass is 480 g/mol. The number of likely N-dealkylation sites (tertiary alicyclic amines) is 1. The van der Waals surface area contributed by atoms with Gasteiger partial charge in [-0.1, -0.05) is 12.1 Å². The smallest absolute Gasteiger partial charge is 0.256 e. The number of rotatable bonds is 6. The number of ether oxygens (including phenoxy) is 2. The van der Waals surface area contributed by atoms with Crippen molar-refractivity contribution in [3.63, 3.8) is 0 Å². The molecule has 6 nitrogen and oxygen atoms in total. The summed E-state index contributed by atoms with van der Waals surface area (Å²) in [5, 5.41) is 2.92. The van der Waals surface area contributed by atoms with E-state index in [1.54, 1.807) is 19.2 Å². The molecule has 0 spiro atoms. The highest BCUT2D eigenvalue weighted by Crippen LogP contribution is 2.31. The van der Waals surface area contributed by atoms with Crippen LogP contribution in [-0.2, 0) is 11.3 Å². The van der Waals surface area contributed by atoms with Gasteiger partial charge < -0.3 is 19.7 Å². The molecule has 2 amide bonds. The zero-order chi connectivity index (χ0) is 19.4. The normalized spacial score (nSPS) is 13.6. The first-order valence-electron chi connectivity index (χ1n) is 8.61. The summed E-state index contributed by atoms with van der Waals surface area (Å²) in [5.41, 5.74) is 2.19. The number of nitrogens with zero attached hydrogens (tertiary/aromatic N) is 1. The molecule has 1 fully saturated rings. The van der Waals surface area contributed by atoms with Crippen molar-refractivity contribution in [1.29, 1.82) is 0 Å². The van der Waals surface area contributed by atoms with E-state index < -0.39 is 0 Å². The van der Waals surface area contributed by atoms with E-state index in [4.69, 9.17) is 9.47 Å². The third-order valence-corrected chi connectivity index (χ3v) is 5.34. The van der Waals surface area contributed by atoms with Crippen molar-refractivity contribution in [3.8, 4) is 11.5 Å². The summed E-state index contributed by atoms with van der Waals surface area (Å²) in [6.45, 7) is 1.36. The van der Waals surface area contributed by atoms with E-state index in [1.807, 2.05) is 29.2 Å². The topological polar surface area (TPSA) is 67.9 Å². The lowest BCUT2D eigenvalue weighted by atomic mass is 10.1. The van der Waals surface area contributed by atoms with Crippen LogP contribution in [0.4, 0.5) is 5.69 Å². The maximum Gasteiger partial charge on any atom is 0.256 e. The van der Waals surface area contributed by atoms with Gasteiger partial charge in [-0.05, 0) is 58.8 Å². The van der Waals surface area contributed by atoms with Crippen molar-refractivity contribution in [1.82, 2.24) is 4.90 Å². The van der Waals surface area contributed by atoms with Gasteiger partial charge >= 0.3 is 0 Å². The SMILES string of the molecule is COc1cc(I)c(C(=O)Nc2cccc(CN3CCCC3=O)c2)cc1OC. The minimum Gasteiger partial charge on any atom is -0.493 e. The molecule has 0 aliphatic carbocycles. The van der Waals surface area contributed by atoms with Crippen molar-refractivity contribution in [2.75, 3.05) is 26.1 Å². The summed E-state index contributed by atoms with van der Waals surface area (Å²) in [6.07, 6.45) is 1.53. The average molecular weight is 480 g/mol. The summed E-state index contributed by atoms with van der Waals surface area (Å²) in [7, 11) is 3.10.